The van der Waals surface area contributed by atoms with Gasteiger partial charge in [-0.3, -0.25) is 14.6 Å². The molecule has 2 aromatic carbocycles. The lowest BCUT2D eigenvalue weighted by Crippen LogP contribution is -2.36. The minimum atomic E-state index is 0.0904. The fraction of sp³-hybridized carbons (Fsp3) is 0.333. The van der Waals surface area contributed by atoms with Crippen molar-refractivity contribution >= 4 is 40.7 Å². The predicted molar refractivity (Wildman–Crippen MR) is 189 cm³/mol. The maximum Gasteiger partial charge on any atom is 0.220 e. The molecule has 2 saturated heterocycles. The van der Waals surface area contributed by atoms with Gasteiger partial charge < -0.3 is 30.3 Å². The number of carbonyl (C=O) groups is 2. The highest BCUT2D eigenvalue weighted by atomic mass is 35.5. The van der Waals surface area contributed by atoms with Gasteiger partial charge in [0.15, 0.2) is 0 Å². The number of ether oxygens (including phenoxy) is 2. The van der Waals surface area contributed by atoms with E-state index in [4.69, 9.17) is 37.7 Å². The maximum absolute atomic E-state index is 11.7. The lowest BCUT2D eigenvalue weighted by atomic mass is 9.99. The van der Waals surface area contributed by atoms with E-state index in [0.717, 1.165) is 46.3 Å². The fourth-order valence-corrected chi connectivity index (χ4v) is 6.96. The van der Waals surface area contributed by atoms with Crippen LogP contribution in [0.25, 0.3) is 33.6 Å². The molecule has 12 heteroatoms. The Balaban J connectivity index is 1.24. The molecule has 2 fully saturated rings. The summed E-state index contributed by atoms with van der Waals surface area (Å²) in [4.78, 5) is 34.7. The van der Waals surface area contributed by atoms with E-state index in [1.165, 1.54) is 0 Å². The number of amides is 2. The zero-order chi connectivity index (χ0) is 33.8. The van der Waals surface area contributed by atoms with Crippen LogP contribution in [0.3, 0.4) is 0 Å². The van der Waals surface area contributed by atoms with Crippen molar-refractivity contribution in [1.82, 2.24) is 25.9 Å². The molecule has 0 radical (unpaired) electrons. The third kappa shape index (κ3) is 7.21. The highest BCUT2D eigenvalue weighted by Crippen LogP contribution is 2.43. The van der Waals surface area contributed by atoms with E-state index in [1.54, 1.807) is 20.4 Å². The van der Waals surface area contributed by atoms with Crippen LogP contribution in [0.2, 0.25) is 10.0 Å². The van der Waals surface area contributed by atoms with Crippen LogP contribution in [0.1, 0.15) is 31.2 Å². The van der Waals surface area contributed by atoms with Crippen molar-refractivity contribution in [2.24, 2.45) is 0 Å². The number of carbonyl (C=O) groups excluding carboxylic acids is 2. The molecule has 4 aromatic rings. The second-order valence-corrected chi connectivity index (χ2v) is 12.8. The molecule has 0 unspecified atom stereocenters. The SMILES string of the molecule is COc1cc(-c2nccc(-c3cccc(-c4ccc(CNC[C@@H]5CCC(=O)N5)c(OC)n4)c3Cl)c2Cl)ccc1N(C)C[C@@H]1CCC(=O)N1. The first-order valence-electron chi connectivity index (χ1n) is 15.9. The summed E-state index contributed by atoms with van der Waals surface area (Å²) in [5.74, 6) is 1.36. The van der Waals surface area contributed by atoms with Gasteiger partial charge in [0, 0.05) is 85.6 Å². The molecule has 250 valence electrons. The zero-order valence-corrected chi connectivity index (χ0v) is 28.6. The standard InChI is InChI=1S/C36H38Cl2N6O4/c1-44(20-24-10-14-32(46)42-24)29-12-8-21(17-30(29)47-2)35-34(38)26(15-16-40-35)25-5-4-6-27(33(25)37)28-11-7-22(36(43-28)48-3)18-39-19-23-9-13-31(45)41-23/h4-8,11-12,15-17,23-24,39H,9-10,13-14,18-20H2,1-3H3,(H,41,45)(H,42,46)/t23-,24-/m0/s1. The first kappa shape index (κ1) is 33.5. The molecular weight excluding hydrogens is 651 g/mol. The summed E-state index contributed by atoms with van der Waals surface area (Å²) in [6, 6.07) is 17.6. The summed E-state index contributed by atoms with van der Waals surface area (Å²) >= 11 is 14.1. The Morgan fingerprint density at radius 2 is 1.62 bits per heavy atom. The van der Waals surface area contributed by atoms with Crippen LogP contribution in [0.4, 0.5) is 5.69 Å². The van der Waals surface area contributed by atoms with Crippen molar-refractivity contribution in [3.05, 3.63) is 76.4 Å². The topological polar surface area (TPSA) is 118 Å². The molecule has 0 spiro atoms. The Kier molecular flexibility index (Phi) is 10.3. The fourth-order valence-electron chi connectivity index (χ4n) is 6.32. The van der Waals surface area contributed by atoms with Gasteiger partial charge in [0.25, 0.3) is 0 Å². The molecule has 2 aliphatic heterocycles. The number of nitrogens with zero attached hydrogens (tertiary/aromatic N) is 3. The summed E-state index contributed by atoms with van der Waals surface area (Å²) in [7, 11) is 5.21. The monoisotopic (exact) mass is 688 g/mol. The molecule has 2 amide bonds. The molecule has 0 saturated carbocycles. The first-order valence-corrected chi connectivity index (χ1v) is 16.7. The van der Waals surface area contributed by atoms with Gasteiger partial charge in [0.05, 0.1) is 41.3 Å². The van der Waals surface area contributed by atoms with Crippen molar-refractivity contribution in [3.63, 3.8) is 0 Å². The average Bonchev–Trinajstić information content (AvgIpc) is 3.71. The quantitative estimate of drug-likeness (QED) is 0.169. The van der Waals surface area contributed by atoms with E-state index in [2.05, 4.69) is 25.8 Å². The minimum absolute atomic E-state index is 0.0904. The number of nitrogens with one attached hydrogen (secondary N) is 3. The smallest absolute Gasteiger partial charge is 0.220 e. The molecule has 0 aliphatic carbocycles. The van der Waals surface area contributed by atoms with E-state index in [1.807, 2.05) is 61.6 Å². The van der Waals surface area contributed by atoms with E-state index in [0.29, 0.717) is 65.5 Å². The second kappa shape index (κ2) is 14.8. The molecule has 2 aliphatic rings. The number of likely N-dealkylation sites (N-methyl/N-ethyl adjacent to an activating group) is 1. The predicted octanol–water partition coefficient (Wildman–Crippen LogP) is 5.88. The number of hydrogen-bond donors (Lipinski definition) is 3. The van der Waals surface area contributed by atoms with Gasteiger partial charge in [-0.2, -0.15) is 0 Å². The lowest BCUT2D eigenvalue weighted by molar-refractivity contribution is -0.120. The Morgan fingerprint density at radius 1 is 0.896 bits per heavy atom. The minimum Gasteiger partial charge on any atom is -0.495 e. The summed E-state index contributed by atoms with van der Waals surface area (Å²) in [5.41, 5.74) is 6.07. The number of pyridine rings is 2. The number of anilines is 1. The Labute approximate surface area is 290 Å². The summed E-state index contributed by atoms with van der Waals surface area (Å²) < 4.78 is 11.4. The van der Waals surface area contributed by atoms with Crippen LogP contribution in [0.15, 0.2) is 60.8 Å². The molecule has 10 nitrogen and oxygen atoms in total. The Hall–Kier alpha value is -4.38. The van der Waals surface area contributed by atoms with Gasteiger partial charge in [0.2, 0.25) is 17.7 Å². The molecule has 6 rings (SSSR count). The summed E-state index contributed by atoms with van der Waals surface area (Å²) in [5, 5.41) is 10.3. The second-order valence-electron chi connectivity index (χ2n) is 12.1. The number of methoxy groups -OCH3 is 2. The largest absolute Gasteiger partial charge is 0.495 e. The first-order chi connectivity index (χ1) is 23.2. The third-order valence-electron chi connectivity index (χ3n) is 8.82. The van der Waals surface area contributed by atoms with Crippen LogP contribution in [-0.4, -0.2) is 68.2 Å². The van der Waals surface area contributed by atoms with Crippen LogP contribution >= 0.6 is 23.2 Å². The molecule has 0 bridgehead atoms. The van der Waals surface area contributed by atoms with Crippen molar-refractivity contribution in [2.45, 2.75) is 44.3 Å². The van der Waals surface area contributed by atoms with Crippen LogP contribution in [0, 0.1) is 0 Å². The normalized spacial score (nSPS) is 17.3. The molecule has 2 aromatic heterocycles. The highest BCUT2D eigenvalue weighted by molar-refractivity contribution is 6.39. The summed E-state index contributed by atoms with van der Waals surface area (Å²) in [6.07, 6.45) is 4.49. The van der Waals surface area contributed by atoms with E-state index >= 15 is 0 Å². The van der Waals surface area contributed by atoms with E-state index in [9.17, 15) is 9.59 Å². The third-order valence-corrected chi connectivity index (χ3v) is 9.61. The molecule has 2 atom stereocenters. The van der Waals surface area contributed by atoms with Crippen molar-refractivity contribution in [3.8, 4) is 45.3 Å². The molecule has 4 heterocycles. The van der Waals surface area contributed by atoms with Gasteiger partial charge in [0.1, 0.15) is 5.75 Å². The van der Waals surface area contributed by atoms with E-state index < -0.39 is 0 Å². The molecular formula is C36H38Cl2N6O4. The van der Waals surface area contributed by atoms with Crippen molar-refractivity contribution in [2.75, 3.05) is 39.3 Å². The Morgan fingerprint density at radius 3 is 2.33 bits per heavy atom. The lowest BCUT2D eigenvalue weighted by Gasteiger charge is -2.25. The van der Waals surface area contributed by atoms with Crippen molar-refractivity contribution in [1.29, 1.82) is 0 Å². The van der Waals surface area contributed by atoms with Gasteiger partial charge in [-0.1, -0.05) is 53.5 Å². The van der Waals surface area contributed by atoms with Crippen LogP contribution < -0.4 is 30.3 Å². The molecule has 48 heavy (non-hydrogen) atoms. The number of rotatable bonds is 12. The maximum atomic E-state index is 11.7. The number of hydrogen-bond acceptors (Lipinski definition) is 8. The van der Waals surface area contributed by atoms with Crippen LogP contribution in [-0.2, 0) is 16.1 Å². The van der Waals surface area contributed by atoms with Crippen molar-refractivity contribution < 1.29 is 19.1 Å². The van der Waals surface area contributed by atoms with Gasteiger partial charge in [-0.25, -0.2) is 4.98 Å². The van der Waals surface area contributed by atoms with Gasteiger partial charge >= 0.3 is 0 Å². The Bertz CT molecular complexity index is 1840. The number of benzene rings is 2. The van der Waals surface area contributed by atoms with Crippen LogP contribution in [0.5, 0.6) is 11.6 Å². The zero-order valence-electron chi connectivity index (χ0n) is 27.1. The van der Waals surface area contributed by atoms with Gasteiger partial charge in [-0.05, 0) is 37.1 Å². The number of halogens is 2. The summed E-state index contributed by atoms with van der Waals surface area (Å²) in [6.45, 7) is 1.90. The van der Waals surface area contributed by atoms with E-state index in [-0.39, 0.29) is 23.9 Å². The highest BCUT2D eigenvalue weighted by Gasteiger charge is 2.24. The average molecular weight is 690 g/mol. The molecule has 3 N–H and O–H groups in total. The number of aromatic nitrogens is 2. The van der Waals surface area contributed by atoms with Gasteiger partial charge in [-0.15, -0.1) is 0 Å².